The quantitative estimate of drug-likeness (QED) is 0.473. The molecule has 0 nitrogen and oxygen atoms in total. The maximum Gasteiger partial charge on any atom is -0.0152 e. The third-order valence-electron chi connectivity index (χ3n) is 2.22. The standard InChI is InChI=1S/C10H10/c1-7-6-9-4-3-5-10(9)8(7)2/h3-6H,1-2H3. The molecule has 0 aromatic heterocycles. The SMILES string of the molecule is CC1=C(C)C2=CC=CC2=C1. The van der Waals surface area contributed by atoms with Crippen molar-refractivity contribution in [2.75, 3.05) is 0 Å². The van der Waals surface area contributed by atoms with Gasteiger partial charge in [-0.3, -0.25) is 0 Å². The van der Waals surface area contributed by atoms with Gasteiger partial charge in [-0.2, -0.15) is 0 Å². The Labute approximate surface area is 61.3 Å². The van der Waals surface area contributed by atoms with E-state index < -0.39 is 0 Å². The van der Waals surface area contributed by atoms with Gasteiger partial charge in [-0.1, -0.05) is 24.3 Å². The molecule has 0 radical (unpaired) electrons. The Hall–Kier alpha value is -1.04. The van der Waals surface area contributed by atoms with E-state index in [1.807, 2.05) is 0 Å². The molecule has 10 heavy (non-hydrogen) atoms. The van der Waals surface area contributed by atoms with E-state index in [1.54, 1.807) is 0 Å². The fourth-order valence-corrected chi connectivity index (χ4v) is 1.46. The normalized spacial score (nSPS) is 21.4. The Kier molecular flexibility index (Phi) is 0.986. The van der Waals surface area contributed by atoms with Gasteiger partial charge < -0.3 is 0 Å². The molecule has 2 aliphatic carbocycles. The van der Waals surface area contributed by atoms with Crippen LogP contribution in [0.25, 0.3) is 0 Å². The molecule has 0 fully saturated rings. The first-order chi connectivity index (χ1) is 4.79. The summed E-state index contributed by atoms with van der Waals surface area (Å²) in [6.07, 6.45) is 8.69. The zero-order valence-electron chi connectivity index (χ0n) is 6.31. The topological polar surface area (TPSA) is 0 Å². The highest BCUT2D eigenvalue weighted by Crippen LogP contribution is 2.34. The summed E-state index contributed by atoms with van der Waals surface area (Å²) < 4.78 is 0. The van der Waals surface area contributed by atoms with Crippen molar-refractivity contribution in [2.24, 2.45) is 0 Å². The molecule has 50 valence electrons. The molecule has 0 amide bonds. The molecule has 0 N–H and O–H groups in total. The van der Waals surface area contributed by atoms with Crippen molar-refractivity contribution >= 4 is 0 Å². The van der Waals surface area contributed by atoms with E-state index in [0.717, 1.165) is 0 Å². The highest BCUT2D eigenvalue weighted by molar-refractivity contribution is 5.66. The van der Waals surface area contributed by atoms with Crippen molar-refractivity contribution in [3.63, 3.8) is 0 Å². The van der Waals surface area contributed by atoms with Gasteiger partial charge in [0.25, 0.3) is 0 Å². The minimum atomic E-state index is 1.38. The molecule has 0 heteroatoms. The average Bonchev–Trinajstić information content (AvgIpc) is 2.41. The summed E-state index contributed by atoms with van der Waals surface area (Å²) in [7, 11) is 0. The van der Waals surface area contributed by atoms with Crippen LogP contribution in [-0.2, 0) is 0 Å². The highest BCUT2D eigenvalue weighted by atomic mass is 14.2. The van der Waals surface area contributed by atoms with Crippen LogP contribution < -0.4 is 0 Å². The second-order valence-electron chi connectivity index (χ2n) is 2.85. The van der Waals surface area contributed by atoms with Crippen molar-refractivity contribution < 1.29 is 0 Å². The second-order valence-corrected chi connectivity index (χ2v) is 2.85. The maximum atomic E-state index is 2.24. The molecular weight excluding hydrogens is 120 g/mol. The molecule has 0 heterocycles. The van der Waals surface area contributed by atoms with E-state index in [9.17, 15) is 0 Å². The molecule has 0 aliphatic heterocycles. The number of hydrogen-bond donors (Lipinski definition) is 0. The van der Waals surface area contributed by atoms with Crippen molar-refractivity contribution in [1.29, 1.82) is 0 Å². The van der Waals surface area contributed by atoms with Crippen LogP contribution in [-0.4, -0.2) is 0 Å². The minimum Gasteiger partial charge on any atom is -0.0610 e. The molecule has 0 atom stereocenters. The van der Waals surface area contributed by atoms with Gasteiger partial charge in [-0.15, -0.1) is 0 Å². The lowest BCUT2D eigenvalue weighted by atomic mass is 10.1. The third kappa shape index (κ3) is 0.563. The summed E-state index contributed by atoms with van der Waals surface area (Å²) >= 11 is 0. The van der Waals surface area contributed by atoms with E-state index in [4.69, 9.17) is 0 Å². The van der Waals surface area contributed by atoms with Crippen molar-refractivity contribution in [3.05, 3.63) is 46.6 Å². The third-order valence-corrected chi connectivity index (χ3v) is 2.22. The zero-order valence-corrected chi connectivity index (χ0v) is 6.31. The van der Waals surface area contributed by atoms with Crippen LogP contribution in [0, 0.1) is 0 Å². The Bertz CT molecular complexity index is 288. The summed E-state index contributed by atoms with van der Waals surface area (Å²) in [6, 6.07) is 0. The average molecular weight is 130 g/mol. The maximum absolute atomic E-state index is 2.24. The summed E-state index contributed by atoms with van der Waals surface area (Å²) in [6.45, 7) is 4.34. The van der Waals surface area contributed by atoms with Gasteiger partial charge in [0.2, 0.25) is 0 Å². The molecule has 0 bridgehead atoms. The Balaban J connectivity index is 2.56. The van der Waals surface area contributed by atoms with E-state index >= 15 is 0 Å². The molecular formula is C10H10. The molecule has 2 rings (SSSR count). The molecule has 0 aromatic carbocycles. The van der Waals surface area contributed by atoms with Gasteiger partial charge in [0.1, 0.15) is 0 Å². The van der Waals surface area contributed by atoms with Gasteiger partial charge >= 0.3 is 0 Å². The zero-order chi connectivity index (χ0) is 7.14. The fraction of sp³-hybridized carbons (Fsp3) is 0.200. The first-order valence-electron chi connectivity index (χ1n) is 3.57. The van der Waals surface area contributed by atoms with E-state index in [1.165, 1.54) is 22.3 Å². The van der Waals surface area contributed by atoms with Gasteiger partial charge in [0, 0.05) is 0 Å². The number of hydrogen-bond acceptors (Lipinski definition) is 0. The number of rotatable bonds is 0. The fourth-order valence-electron chi connectivity index (χ4n) is 1.46. The van der Waals surface area contributed by atoms with Crippen LogP contribution in [0.5, 0.6) is 0 Å². The monoisotopic (exact) mass is 130 g/mol. The van der Waals surface area contributed by atoms with Crippen LogP contribution in [0.3, 0.4) is 0 Å². The van der Waals surface area contributed by atoms with Gasteiger partial charge in [-0.25, -0.2) is 0 Å². The van der Waals surface area contributed by atoms with Gasteiger partial charge in [0.15, 0.2) is 0 Å². The highest BCUT2D eigenvalue weighted by Gasteiger charge is 2.15. The summed E-state index contributed by atoms with van der Waals surface area (Å²) in [4.78, 5) is 0. The van der Waals surface area contributed by atoms with Gasteiger partial charge in [0.05, 0.1) is 0 Å². The largest absolute Gasteiger partial charge is 0.0610 e. The molecule has 0 aromatic rings. The number of fused-ring (bicyclic) bond motifs is 1. The lowest BCUT2D eigenvalue weighted by Crippen LogP contribution is -1.77. The van der Waals surface area contributed by atoms with Crippen molar-refractivity contribution in [3.8, 4) is 0 Å². The lowest BCUT2D eigenvalue weighted by molar-refractivity contribution is 1.38. The lowest BCUT2D eigenvalue weighted by Gasteiger charge is -1.96. The van der Waals surface area contributed by atoms with Crippen LogP contribution >= 0.6 is 0 Å². The summed E-state index contributed by atoms with van der Waals surface area (Å²) in [5.41, 5.74) is 5.64. The summed E-state index contributed by atoms with van der Waals surface area (Å²) in [5.74, 6) is 0. The first-order valence-corrected chi connectivity index (χ1v) is 3.57. The second kappa shape index (κ2) is 1.72. The van der Waals surface area contributed by atoms with Crippen molar-refractivity contribution in [1.82, 2.24) is 0 Å². The predicted molar refractivity (Wildman–Crippen MR) is 43.7 cm³/mol. The molecule has 0 saturated heterocycles. The molecule has 2 aliphatic rings. The molecule has 0 unspecified atom stereocenters. The first kappa shape index (κ1) is 5.72. The van der Waals surface area contributed by atoms with Crippen LogP contribution in [0.15, 0.2) is 46.6 Å². The van der Waals surface area contributed by atoms with E-state index in [2.05, 4.69) is 38.2 Å². The minimum absolute atomic E-state index is 1.38. The Morgan fingerprint density at radius 2 is 2.00 bits per heavy atom. The summed E-state index contributed by atoms with van der Waals surface area (Å²) in [5, 5.41) is 0. The van der Waals surface area contributed by atoms with Crippen LogP contribution in [0.2, 0.25) is 0 Å². The van der Waals surface area contributed by atoms with E-state index in [-0.39, 0.29) is 0 Å². The van der Waals surface area contributed by atoms with Crippen molar-refractivity contribution in [2.45, 2.75) is 13.8 Å². The van der Waals surface area contributed by atoms with E-state index in [0.29, 0.717) is 0 Å². The Morgan fingerprint density at radius 1 is 1.20 bits per heavy atom. The predicted octanol–water partition coefficient (Wildman–Crippen LogP) is 2.76. The smallest absolute Gasteiger partial charge is 0.0152 e. The van der Waals surface area contributed by atoms with Crippen LogP contribution in [0.1, 0.15) is 13.8 Å². The van der Waals surface area contributed by atoms with Gasteiger partial charge in [-0.05, 0) is 36.1 Å². The molecule has 0 spiro atoms. The Morgan fingerprint density at radius 3 is 2.70 bits per heavy atom. The van der Waals surface area contributed by atoms with Crippen LogP contribution in [0.4, 0.5) is 0 Å². The number of allylic oxidation sites excluding steroid dienone is 8. The molecule has 0 saturated carbocycles.